The van der Waals surface area contributed by atoms with Crippen molar-refractivity contribution in [1.29, 1.82) is 0 Å². The second-order valence-corrected chi connectivity index (χ2v) is 6.53. The summed E-state index contributed by atoms with van der Waals surface area (Å²) >= 11 is 2.79. The van der Waals surface area contributed by atoms with Crippen LogP contribution in [0, 0.1) is 0 Å². The number of carbonyl (C=O) groups is 1. The molecule has 4 nitrogen and oxygen atoms in total. The molecule has 1 heterocycles. The largest absolute Gasteiger partial charge is 0.397 e. The fraction of sp³-hybridized carbons (Fsp3) is 0. The summed E-state index contributed by atoms with van der Waals surface area (Å²) in [5, 5.41) is 10.4. The second-order valence-electron chi connectivity index (χ2n) is 4.88. The lowest BCUT2D eigenvalue weighted by Crippen LogP contribution is -2.13. The Kier molecular flexibility index (Phi) is 4.66. The van der Waals surface area contributed by atoms with Gasteiger partial charge in [0, 0.05) is 15.3 Å². The van der Waals surface area contributed by atoms with Crippen LogP contribution in [0.3, 0.4) is 0 Å². The first kappa shape index (κ1) is 15.6. The maximum absolute atomic E-state index is 12.4. The third-order valence-corrected chi connectivity index (χ3v) is 4.82. The normalized spacial score (nSPS) is 10.5. The van der Waals surface area contributed by atoms with Gasteiger partial charge >= 0.3 is 0 Å². The van der Waals surface area contributed by atoms with Crippen molar-refractivity contribution < 1.29 is 4.79 Å². The Morgan fingerprint density at radius 1 is 1.09 bits per heavy atom. The van der Waals surface area contributed by atoms with E-state index < -0.39 is 0 Å². The van der Waals surface area contributed by atoms with Crippen LogP contribution in [0.2, 0.25) is 0 Å². The van der Waals surface area contributed by atoms with Crippen molar-refractivity contribution in [3.05, 3.63) is 65.5 Å². The average molecular weight is 341 g/mol. The molecule has 23 heavy (non-hydrogen) atoms. The molecule has 1 aromatic heterocycles. The maximum atomic E-state index is 12.4. The number of carbonyl (C=O) groups excluding carboxylic acids is 1. The minimum atomic E-state index is -0.200. The maximum Gasteiger partial charge on any atom is 0.255 e. The number of thiophene rings is 1. The van der Waals surface area contributed by atoms with E-state index in [2.05, 4.69) is 5.32 Å². The monoisotopic (exact) mass is 341 g/mol. The summed E-state index contributed by atoms with van der Waals surface area (Å²) < 4.78 is 0. The summed E-state index contributed by atoms with van der Waals surface area (Å²) in [6.45, 7) is 0. The molecule has 0 fully saturated rings. The molecular weight excluding hydrogens is 326 g/mol. The molecule has 0 bridgehead atoms. The Labute approximate surface area is 142 Å². The molecule has 0 atom stereocenters. The number of anilines is 2. The quantitative estimate of drug-likeness (QED) is 0.490. The number of nitrogens with two attached hydrogens (primary N) is 2. The van der Waals surface area contributed by atoms with E-state index >= 15 is 0 Å². The van der Waals surface area contributed by atoms with Gasteiger partial charge in [0.2, 0.25) is 0 Å². The van der Waals surface area contributed by atoms with Crippen molar-refractivity contribution in [1.82, 2.24) is 0 Å². The van der Waals surface area contributed by atoms with E-state index in [9.17, 15) is 4.79 Å². The number of amides is 1. The molecule has 0 aliphatic rings. The van der Waals surface area contributed by atoms with Crippen molar-refractivity contribution in [3.63, 3.8) is 0 Å². The van der Waals surface area contributed by atoms with Crippen LogP contribution in [-0.2, 0) is 0 Å². The molecule has 3 rings (SSSR count). The van der Waals surface area contributed by atoms with Crippen LogP contribution in [0.15, 0.2) is 64.9 Å². The number of benzene rings is 2. The second kappa shape index (κ2) is 6.87. The molecule has 0 saturated heterocycles. The Morgan fingerprint density at radius 2 is 1.87 bits per heavy atom. The lowest BCUT2D eigenvalue weighted by Gasteiger charge is -2.10. The predicted molar refractivity (Wildman–Crippen MR) is 98.6 cm³/mol. The van der Waals surface area contributed by atoms with Gasteiger partial charge in [0.15, 0.2) is 0 Å². The van der Waals surface area contributed by atoms with Gasteiger partial charge in [-0.2, -0.15) is 0 Å². The van der Waals surface area contributed by atoms with E-state index in [1.165, 1.54) is 0 Å². The van der Waals surface area contributed by atoms with Crippen molar-refractivity contribution in [2.45, 2.75) is 4.90 Å². The topological polar surface area (TPSA) is 81.1 Å². The zero-order valence-electron chi connectivity index (χ0n) is 12.2. The van der Waals surface area contributed by atoms with Gasteiger partial charge in [0.05, 0.1) is 11.4 Å². The molecule has 5 N–H and O–H groups in total. The first-order valence-electron chi connectivity index (χ1n) is 6.89. The fourth-order valence-corrected chi connectivity index (χ4v) is 3.16. The Hall–Kier alpha value is -2.28. The lowest BCUT2D eigenvalue weighted by molar-refractivity contribution is 0.102. The molecule has 2 aromatic carbocycles. The molecule has 0 spiro atoms. The summed E-state index contributed by atoms with van der Waals surface area (Å²) in [6.07, 6.45) is 0. The molecule has 6 heteroatoms. The summed E-state index contributed by atoms with van der Waals surface area (Å²) in [6, 6.07) is 16.8. The van der Waals surface area contributed by atoms with Gasteiger partial charge in [0.25, 0.3) is 5.91 Å². The Morgan fingerprint density at radius 3 is 2.52 bits per heavy atom. The molecule has 1 amide bonds. The van der Waals surface area contributed by atoms with E-state index in [4.69, 9.17) is 10.9 Å². The summed E-state index contributed by atoms with van der Waals surface area (Å²) in [5.74, 6) is -0.200. The summed E-state index contributed by atoms with van der Waals surface area (Å²) in [5.41, 5.74) is 8.71. The Balaban J connectivity index is 1.83. The molecule has 3 aromatic rings. The van der Waals surface area contributed by atoms with Crippen molar-refractivity contribution in [3.8, 4) is 10.4 Å². The van der Waals surface area contributed by atoms with Gasteiger partial charge < -0.3 is 11.1 Å². The van der Waals surface area contributed by atoms with Crippen molar-refractivity contribution >= 4 is 40.6 Å². The minimum absolute atomic E-state index is 0.200. The SMILES string of the molecule is NSc1ccc(C(=O)Nc2cc(-c3cccs3)ccc2N)cc1. The predicted octanol–water partition coefficient (Wildman–Crippen LogP) is 4.22. The smallest absolute Gasteiger partial charge is 0.255 e. The molecule has 0 aliphatic carbocycles. The third kappa shape index (κ3) is 3.56. The van der Waals surface area contributed by atoms with E-state index in [0.29, 0.717) is 16.9 Å². The zero-order chi connectivity index (χ0) is 16.2. The van der Waals surface area contributed by atoms with E-state index in [-0.39, 0.29) is 5.91 Å². The highest BCUT2D eigenvalue weighted by atomic mass is 32.2. The molecule has 0 unspecified atom stereocenters. The van der Waals surface area contributed by atoms with Crippen LogP contribution < -0.4 is 16.2 Å². The Bertz CT molecular complexity index is 814. The third-order valence-electron chi connectivity index (χ3n) is 3.36. The number of nitrogens with one attached hydrogen (secondary N) is 1. The molecular formula is C17H15N3OS2. The summed E-state index contributed by atoms with van der Waals surface area (Å²) in [4.78, 5) is 14.4. The molecule has 116 valence electrons. The zero-order valence-corrected chi connectivity index (χ0v) is 13.8. The first-order chi connectivity index (χ1) is 11.2. The van der Waals surface area contributed by atoms with Gasteiger partial charge in [-0.3, -0.25) is 9.93 Å². The number of hydrogen-bond acceptors (Lipinski definition) is 5. The van der Waals surface area contributed by atoms with Gasteiger partial charge in [-0.15, -0.1) is 11.3 Å². The van der Waals surface area contributed by atoms with Crippen molar-refractivity contribution in [2.24, 2.45) is 5.14 Å². The molecule has 0 aliphatic heterocycles. The highest BCUT2D eigenvalue weighted by Crippen LogP contribution is 2.30. The van der Waals surface area contributed by atoms with E-state index in [1.54, 1.807) is 29.5 Å². The van der Waals surface area contributed by atoms with E-state index in [1.807, 2.05) is 41.8 Å². The van der Waals surface area contributed by atoms with Gasteiger partial charge in [-0.05, 0) is 65.4 Å². The molecule has 0 radical (unpaired) electrons. The first-order valence-corrected chi connectivity index (χ1v) is 8.65. The number of hydrogen-bond donors (Lipinski definition) is 3. The van der Waals surface area contributed by atoms with E-state index in [0.717, 1.165) is 27.3 Å². The minimum Gasteiger partial charge on any atom is -0.397 e. The van der Waals surface area contributed by atoms with Gasteiger partial charge in [-0.1, -0.05) is 12.1 Å². The van der Waals surface area contributed by atoms with Crippen LogP contribution in [0.1, 0.15) is 10.4 Å². The van der Waals surface area contributed by atoms with Crippen LogP contribution in [0.25, 0.3) is 10.4 Å². The average Bonchev–Trinajstić information content (AvgIpc) is 3.11. The van der Waals surface area contributed by atoms with Crippen LogP contribution in [-0.4, -0.2) is 5.91 Å². The summed E-state index contributed by atoms with van der Waals surface area (Å²) in [7, 11) is 0. The van der Waals surface area contributed by atoms with Gasteiger partial charge in [0.1, 0.15) is 0 Å². The molecule has 0 saturated carbocycles. The van der Waals surface area contributed by atoms with Crippen LogP contribution in [0.5, 0.6) is 0 Å². The van der Waals surface area contributed by atoms with Crippen molar-refractivity contribution in [2.75, 3.05) is 11.1 Å². The number of nitrogen functional groups attached to an aromatic ring is 1. The van der Waals surface area contributed by atoms with Crippen LogP contribution >= 0.6 is 23.3 Å². The lowest BCUT2D eigenvalue weighted by atomic mass is 10.1. The highest BCUT2D eigenvalue weighted by molar-refractivity contribution is 7.97. The van der Waals surface area contributed by atoms with Gasteiger partial charge in [-0.25, -0.2) is 0 Å². The highest BCUT2D eigenvalue weighted by Gasteiger charge is 2.10. The number of rotatable bonds is 4. The van der Waals surface area contributed by atoms with Crippen LogP contribution in [0.4, 0.5) is 11.4 Å². The standard InChI is InChI=1S/C17H15N3OS2/c18-14-8-5-12(16-2-1-9-22-16)10-15(14)20-17(21)11-3-6-13(23-19)7-4-11/h1-10H,18-19H2,(H,20,21). The fourth-order valence-electron chi connectivity index (χ4n) is 2.14.